The van der Waals surface area contributed by atoms with Gasteiger partial charge in [-0.05, 0) is 18.9 Å². The summed E-state index contributed by atoms with van der Waals surface area (Å²) in [6.07, 6.45) is 8.91. The minimum absolute atomic E-state index is 0.0141. The summed E-state index contributed by atoms with van der Waals surface area (Å²) in [7, 11) is 1.89. The SMILES string of the molecule is CNc1cnccc1C1CC(O)C2CCCCC2O1. The number of aliphatic hydroxyl groups excluding tert-OH is 1. The van der Waals surface area contributed by atoms with Crippen molar-refractivity contribution in [2.24, 2.45) is 5.92 Å². The van der Waals surface area contributed by atoms with Crippen LogP contribution in [0, 0.1) is 5.92 Å². The lowest BCUT2D eigenvalue weighted by Crippen LogP contribution is -2.43. The van der Waals surface area contributed by atoms with Crippen LogP contribution in [0.2, 0.25) is 0 Å². The third kappa shape index (κ3) is 2.47. The number of nitrogens with zero attached hydrogens (tertiary/aromatic N) is 1. The van der Waals surface area contributed by atoms with E-state index in [-0.39, 0.29) is 18.3 Å². The number of hydrogen-bond donors (Lipinski definition) is 2. The zero-order valence-corrected chi connectivity index (χ0v) is 11.4. The lowest BCUT2D eigenvalue weighted by atomic mass is 9.78. The van der Waals surface area contributed by atoms with Gasteiger partial charge in [-0.1, -0.05) is 12.8 Å². The summed E-state index contributed by atoms with van der Waals surface area (Å²) in [5.74, 6) is 0.338. The maximum absolute atomic E-state index is 10.4. The Morgan fingerprint density at radius 2 is 2.21 bits per heavy atom. The Bertz CT molecular complexity index is 438. The van der Waals surface area contributed by atoms with Gasteiger partial charge in [-0.3, -0.25) is 4.98 Å². The Labute approximate surface area is 114 Å². The van der Waals surface area contributed by atoms with Gasteiger partial charge in [0.25, 0.3) is 0 Å². The largest absolute Gasteiger partial charge is 0.393 e. The molecule has 2 aliphatic rings. The fourth-order valence-corrected chi connectivity index (χ4v) is 3.49. The Balaban J connectivity index is 1.82. The molecule has 4 unspecified atom stereocenters. The van der Waals surface area contributed by atoms with E-state index >= 15 is 0 Å². The normalized spacial score (nSPS) is 34.6. The summed E-state index contributed by atoms with van der Waals surface area (Å²) < 4.78 is 6.26. The number of hydrogen-bond acceptors (Lipinski definition) is 4. The molecule has 1 saturated heterocycles. The average molecular weight is 262 g/mol. The summed E-state index contributed by atoms with van der Waals surface area (Å²) in [4.78, 5) is 4.13. The van der Waals surface area contributed by atoms with Crippen LogP contribution in [0.15, 0.2) is 18.5 Å². The maximum atomic E-state index is 10.4. The molecule has 4 heteroatoms. The fourth-order valence-electron chi connectivity index (χ4n) is 3.49. The van der Waals surface area contributed by atoms with Gasteiger partial charge >= 0.3 is 0 Å². The molecule has 1 saturated carbocycles. The second kappa shape index (κ2) is 5.47. The maximum Gasteiger partial charge on any atom is 0.0874 e. The summed E-state index contributed by atoms with van der Waals surface area (Å²) in [5.41, 5.74) is 2.11. The van der Waals surface area contributed by atoms with E-state index in [1.54, 1.807) is 6.20 Å². The van der Waals surface area contributed by atoms with Crippen molar-refractivity contribution in [1.82, 2.24) is 4.98 Å². The van der Waals surface area contributed by atoms with Gasteiger partial charge in [0, 0.05) is 31.1 Å². The van der Waals surface area contributed by atoms with Crippen molar-refractivity contribution in [3.63, 3.8) is 0 Å². The molecule has 0 bridgehead atoms. The highest BCUT2D eigenvalue weighted by molar-refractivity contribution is 5.49. The predicted molar refractivity (Wildman–Crippen MR) is 74.0 cm³/mol. The Morgan fingerprint density at radius 3 is 3.05 bits per heavy atom. The zero-order chi connectivity index (χ0) is 13.2. The molecule has 3 rings (SSSR count). The first kappa shape index (κ1) is 12.9. The molecule has 2 heterocycles. The highest BCUT2D eigenvalue weighted by atomic mass is 16.5. The number of anilines is 1. The van der Waals surface area contributed by atoms with Gasteiger partial charge in [0.2, 0.25) is 0 Å². The van der Waals surface area contributed by atoms with Crippen molar-refractivity contribution in [2.45, 2.75) is 50.4 Å². The van der Waals surface area contributed by atoms with Crippen LogP contribution in [0.3, 0.4) is 0 Å². The third-order valence-corrected chi connectivity index (χ3v) is 4.51. The molecule has 4 atom stereocenters. The van der Waals surface area contributed by atoms with Crippen molar-refractivity contribution in [3.8, 4) is 0 Å². The first-order valence-electron chi connectivity index (χ1n) is 7.25. The summed E-state index contributed by atoms with van der Waals surface area (Å²) in [6.45, 7) is 0. The van der Waals surface area contributed by atoms with Crippen LogP contribution in [0.5, 0.6) is 0 Å². The van der Waals surface area contributed by atoms with Gasteiger partial charge < -0.3 is 15.2 Å². The van der Waals surface area contributed by atoms with Gasteiger partial charge in [-0.2, -0.15) is 0 Å². The number of rotatable bonds is 2. The number of nitrogens with one attached hydrogen (secondary N) is 1. The van der Waals surface area contributed by atoms with E-state index in [1.165, 1.54) is 12.8 Å². The van der Waals surface area contributed by atoms with E-state index in [0.717, 1.165) is 24.1 Å². The molecule has 1 aromatic heterocycles. The molecule has 2 fully saturated rings. The van der Waals surface area contributed by atoms with Crippen molar-refractivity contribution in [2.75, 3.05) is 12.4 Å². The minimum Gasteiger partial charge on any atom is -0.393 e. The lowest BCUT2D eigenvalue weighted by Gasteiger charge is -2.43. The Kier molecular flexibility index (Phi) is 3.71. The molecule has 0 radical (unpaired) electrons. The second-order valence-corrected chi connectivity index (χ2v) is 5.63. The van der Waals surface area contributed by atoms with E-state index in [1.807, 2.05) is 19.3 Å². The molecule has 104 valence electrons. The molecule has 1 aliphatic carbocycles. The van der Waals surface area contributed by atoms with E-state index in [9.17, 15) is 5.11 Å². The molecular weight excluding hydrogens is 240 g/mol. The average Bonchev–Trinajstić information content (AvgIpc) is 2.47. The Hall–Kier alpha value is -1.13. The summed E-state index contributed by atoms with van der Waals surface area (Å²) in [6, 6.07) is 1.99. The van der Waals surface area contributed by atoms with Crippen LogP contribution in [0.4, 0.5) is 5.69 Å². The minimum atomic E-state index is -0.234. The van der Waals surface area contributed by atoms with E-state index in [2.05, 4.69) is 10.3 Å². The van der Waals surface area contributed by atoms with E-state index in [4.69, 9.17) is 4.74 Å². The standard InChI is InChI=1S/C15H22N2O2/c1-16-12-9-17-7-6-10(12)15-8-13(18)11-4-2-3-5-14(11)19-15/h6-7,9,11,13-16,18H,2-5,8H2,1H3. The fraction of sp³-hybridized carbons (Fsp3) is 0.667. The van der Waals surface area contributed by atoms with Crippen LogP contribution in [-0.2, 0) is 4.74 Å². The smallest absolute Gasteiger partial charge is 0.0874 e. The topological polar surface area (TPSA) is 54.4 Å². The van der Waals surface area contributed by atoms with E-state index in [0.29, 0.717) is 12.3 Å². The van der Waals surface area contributed by atoms with Crippen LogP contribution >= 0.6 is 0 Å². The van der Waals surface area contributed by atoms with Gasteiger partial charge in [-0.15, -0.1) is 0 Å². The van der Waals surface area contributed by atoms with Crippen molar-refractivity contribution >= 4 is 5.69 Å². The summed E-state index contributed by atoms with van der Waals surface area (Å²) in [5, 5.41) is 13.5. The van der Waals surface area contributed by atoms with E-state index < -0.39 is 0 Å². The van der Waals surface area contributed by atoms with Crippen molar-refractivity contribution in [3.05, 3.63) is 24.0 Å². The third-order valence-electron chi connectivity index (χ3n) is 4.51. The van der Waals surface area contributed by atoms with Gasteiger partial charge in [-0.25, -0.2) is 0 Å². The zero-order valence-electron chi connectivity index (χ0n) is 11.4. The molecule has 2 N–H and O–H groups in total. The number of aromatic nitrogens is 1. The monoisotopic (exact) mass is 262 g/mol. The quantitative estimate of drug-likeness (QED) is 0.860. The molecule has 19 heavy (non-hydrogen) atoms. The van der Waals surface area contributed by atoms with Gasteiger partial charge in [0.15, 0.2) is 0 Å². The molecule has 1 aromatic rings. The van der Waals surface area contributed by atoms with Crippen LogP contribution in [0.1, 0.15) is 43.8 Å². The van der Waals surface area contributed by atoms with Crippen LogP contribution < -0.4 is 5.32 Å². The highest BCUT2D eigenvalue weighted by Gasteiger charge is 2.39. The Morgan fingerprint density at radius 1 is 1.37 bits per heavy atom. The number of aliphatic hydroxyl groups is 1. The number of pyridine rings is 1. The first-order chi connectivity index (χ1) is 9.29. The number of fused-ring (bicyclic) bond motifs is 1. The van der Waals surface area contributed by atoms with Crippen LogP contribution in [0.25, 0.3) is 0 Å². The van der Waals surface area contributed by atoms with Crippen molar-refractivity contribution in [1.29, 1.82) is 0 Å². The highest BCUT2D eigenvalue weighted by Crippen LogP contribution is 2.42. The molecule has 0 aromatic carbocycles. The molecular formula is C15H22N2O2. The lowest BCUT2D eigenvalue weighted by molar-refractivity contribution is -0.151. The molecule has 0 spiro atoms. The molecule has 0 amide bonds. The van der Waals surface area contributed by atoms with Crippen LogP contribution in [-0.4, -0.2) is 29.3 Å². The van der Waals surface area contributed by atoms with Gasteiger partial charge in [0.05, 0.1) is 30.2 Å². The molecule has 4 nitrogen and oxygen atoms in total. The molecule has 1 aliphatic heterocycles. The predicted octanol–water partition coefficient (Wildman–Crippen LogP) is 2.50. The van der Waals surface area contributed by atoms with Gasteiger partial charge in [0.1, 0.15) is 0 Å². The first-order valence-corrected chi connectivity index (χ1v) is 7.25. The summed E-state index contributed by atoms with van der Waals surface area (Å²) >= 11 is 0. The number of ether oxygens (including phenoxy) is 1. The van der Waals surface area contributed by atoms with Crippen molar-refractivity contribution < 1.29 is 9.84 Å². The second-order valence-electron chi connectivity index (χ2n) is 5.63.